The molecule has 0 heteroatoms. The van der Waals surface area contributed by atoms with Gasteiger partial charge in [0.05, 0.1) is 0 Å². The zero-order chi connectivity index (χ0) is 13.8. The van der Waals surface area contributed by atoms with Gasteiger partial charge >= 0.3 is 0 Å². The predicted octanol–water partition coefficient (Wildman–Crippen LogP) is 5.62. The van der Waals surface area contributed by atoms with Crippen LogP contribution in [0.4, 0.5) is 0 Å². The van der Waals surface area contributed by atoms with Gasteiger partial charge in [-0.05, 0) is 67.0 Å². The molecule has 0 amide bonds. The van der Waals surface area contributed by atoms with Crippen LogP contribution in [-0.4, -0.2) is 0 Å². The van der Waals surface area contributed by atoms with Crippen LogP contribution < -0.4 is 0 Å². The highest BCUT2D eigenvalue weighted by Crippen LogP contribution is 2.25. The van der Waals surface area contributed by atoms with E-state index in [1.165, 1.54) is 52.6 Å². The van der Waals surface area contributed by atoms with Crippen molar-refractivity contribution < 1.29 is 0 Å². The lowest BCUT2D eigenvalue weighted by Gasteiger charge is -2.10. The highest BCUT2D eigenvalue weighted by molar-refractivity contribution is 5.66. The largest absolute Gasteiger partial charge is 0.0654 e. The maximum Gasteiger partial charge on any atom is -0.0179 e. The van der Waals surface area contributed by atoms with Crippen LogP contribution in [0.2, 0.25) is 0 Å². The highest BCUT2D eigenvalue weighted by Gasteiger charge is 2.03. The van der Waals surface area contributed by atoms with Crippen LogP contribution in [0, 0.1) is 20.8 Å². The molecule has 19 heavy (non-hydrogen) atoms. The molecule has 0 N–H and O–H groups in total. The summed E-state index contributed by atoms with van der Waals surface area (Å²) in [4.78, 5) is 0. The molecule has 0 saturated heterocycles. The second-order valence-corrected chi connectivity index (χ2v) is 5.54. The van der Waals surface area contributed by atoms with E-state index in [4.69, 9.17) is 0 Å². The van der Waals surface area contributed by atoms with Crippen molar-refractivity contribution >= 4 is 0 Å². The molecule has 0 bridgehead atoms. The van der Waals surface area contributed by atoms with Crippen molar-refractivity contribution in [1.29, 1.82) is 0 Å². The van der Waals surface area contributed by atoms with Crippen LogP contribution in [0.5, 0.6) is 0 Å². The number of rotatable bonds is 4. The maximum atomic E-state index is 2.30. The second kappa shape index (κ2) is 6.06. The molecule has 0 aromatic heterocycles. The van der Waals surface area contributed by atoms with E-state index >= 15 is 0 Å². The van der Waals surface area contributed by atoms with Crippen molar-refractivity contribution in [2.24, 2.45) is 0 Å². The second-order valence-electron chi connectivity index (χ2n) is 5.54. The molecule has 0 atom stereocenters. The van der Waals surface area contributed by atoms with Crippen molar-refractivity contribution in [2.45, 2.75) is 47.0 Å². The van der Waals surface area contributed by atoms with Gasteiger partial charge in [-0.15, -0.1) is 0 Å². The normalized spacial score (nSPS) is 10.7. The van der Waals surface area contributed by atoms with Crippen molar-refractivity contribution in [2.75, 3.05) is 0 Å². The molecule has 0 radical (unpaired) electrons. The van der Waals surface area contributed by atoms with E-state index < -0.39 is 0 Å². The Bertz CT molecular complexity index is 524. The number of aryl methyl sites for hydroxylation is 3. The molecule has 100 valence electrons. The zero-order valence-electron chi connectivity index (χ0n) is 12.6. The monoisotopic (exact) mass is 252 g/mol. The van der Waals surface area contributed by atoms with Crippen LogP contribution in [0.1, 0.15) is 42.0 Å². The molecular formula is C19H24. The van der Waals surface area contributed by atoms with Gasteiger partial charge in [-0.25, -0.2) is 0 Å². The summed E-state index contributed by atoms with van der Waals surface area (Å²) in [7, 11) is 0. The van der Waals surface area contributed by atoms with Gasteiger partial charge in [-0.2, -0.15) is 0 Å². The molecule has 2 aromatic carbocycles. The predicted molar refractivity (Wildman–Crippen MR) is 84.7 cm³/mol. The van der Waals surface area contributed by atoms with E-state index in [1.807, 2.05) is 0 Å². The molecule has 0 unspecified atom stereocenters. The quantitative estimate of drug-likeness (QED) is 0.662. The van der Waals surface area contributed by atoms with Crippen LogP contribution >= 0.6 is 0 Å². The smallest absolute Gasteiger partial charge is 0.0179 e. The van der Waals surface area contributed by atoms with Crippen LogP contribution in [0.15, 0.2) is 36.4 Å². The summed E-state index contributed by atoms with van der Waals surface area (Å²) in [6.45, 7) is 8.83. The fourth-order valence-corrected chi connectivity index (χ4v) is 2.45. The Kier molecular flexibility index (Phi) is 4.42. The Morgan fingerprint density at radius 1 is 0.789 bits per heavy atom. The maximum absolute atomic E-state index is 2.30. The van der Waals surface area contributed by atoms with E-state index in [0.29, 0.717) is 0 Å². The number of benzene rings is 2. The highest BCUT2D eigenvalue weighted by atomic mass is 14.1. The summed E-state index contributed by atoms with van der Waals surface area (Å²) < 4.78 is 0. The average Bonchev–Trinajstić information content (AvgIpc) is 2.42. The van der Waals surface area contributed by atoms with Crippen LogP contribution in [0.3, 0.4) is 0 Å². The van der Waals surface area contributed by atoms with Crippen molar-refractivity contribution in [3.8, 4) is 11.1 Å². The van der Waals surface area contributed by atoms with E-state index in [1.54, 1.807) is 0 Å². The summed E-state index contributed by atoms with van der Waals surface area (Å²) >= 11 is 0. The molecule has 0 aliphatic heterocycles. The Morgan fingerprint density at radius 2 is 1.37 bits per heavy atom. The first-order valence-electron chi connectivity index (χ1n) is 7.29. The minimum absolute atomic E-state index is 1.20. The first-order valence-corrected chi connectivity index (χ1v) is 7.29. The van der Waals surface area contributed by atoms with Gasteiger partial charge < -0.3 is 0 Å². The summed E-state index contributed by atoms with van der Waals surface area (Å²) in [6.07, 6.45) is 3.74. The first-order chi connectivity index (χ1) is 9.11. The average molecular weight is 252 g/mol. The Balaban J connectivity index is 2.27. The first kappa shape index (κ1) is 13.9. The number of hydrogen-bond acceptors (Lipinski definition) is 0. The van der Waals surface area contributed by atoms with Crippen molar-refractivity contribution in [3.05, 3.63) is 58.7 Å². The zero-order valence-corrected chi connectivity index (χ0v) is 12.6. The van der Waals surface area contributed by atoms with E-state index in [-0.39, 0.29) is 0 Å². The van der Waals surface area contributed by atoms with Gasteiger partial charge in [0.1, 0.15) is 0 Å². The lowest BCUT2D eigenvalue weighted by molar-refractivity contribution is 0.795. The molecule has 0 nitrogen and oxygen atoms in total. The number of hydrogen-bond donors (Lipinski definition) is 0. The molecule has 2 aromatic rings. The minimum Gasteiger partial charge on any atom is -0.0654 e. The summed E-state index contributed by atoms with van der Waals surface area (Å²) in [5, 5.41) is 0. The summed E-state index contributed by atoms with van der Waals surface area (Å²) in [6, 6.07) is 13.7. The molecule has 0 heterocycles. The van der Waals surface area contributed by atoms with Gasteiger partial charge in [0.15, 0.2) is 0 Å². The lowest BCUT2D eigenvalue weighted by atomic mass is 9.95. The third kappa shape index (κ3) is 3.26. The summed E-state index contributed by atoms with van der Waals surface area (Å²) in [5.41, 5.74) is 8.28. The van der Waals surface area contributed by atoms with E-state index in [9.17, 15) is 0 Å². The summed E-state index contributed by atoms with van der Waals surface area (Å²) in [5.74, 6) is 0. The molecule has 0 aliphatic rings. The van der Waals surface area contributed by atoms with Gasteiger partial charge in [0.2, 0.25) is 0 Å². The Labute approximate surface area is 117 Å². The molecule has 0 fully saturated rings. The van der Waals surface area contributed by atoms with Crippen LogP contribution in [-0.2, 0) is 6.42 Å². The van der Waals surface area contributed by atoms with Gasteiger partial charge in [-0.1, -0.05) is 49.7 Å². The third-order valence-electron chi connectivity index (χ3n) is 4.03. The third-order valence-corrected chi connectivity index (χ3v) is 4.03. The molecule has 0 spiro atoms. The van der Waals surface area contributed by atoms with Gasteiger partial charge in [0.25, 0.3) is 0 Å². The van der Waals surface area contributed by atoms with E-state index in [2.05, 4.69) is 64.1 Å². The molecule has 2 rings (SSSR count). The fourth-order valence-electron chi connectivity index (χ4n) is 2.45. The van der Waals surface area contributed by atoms with Crippen LogP contribution in [0.25, 0.3) is 11.1 Å². The van der Waals surface area contributed by atoms with Crippen molar-refractivity contribution in [3.63, 3.8) is 0 Å². The molecule has 0 saturated carbocycles. The Hall–Kier alpha value is -1.56. The standard InChI is InChI=1S/C19H24/c1-5-6-7-17-8-10-18(11-9-17)19-12-14(2)16(4)15(3)13-19/h8-13H,5-7H2,1-4H3. The molecule has 0 aliphatic carbocycles. The Morgan fingerprint density at radius 3 is 1.89 bits per heavy atom. The van der Waals surface area contributed by atoms with Crippen molar-refractivity contribution in [1.82, 2.24) is 0 Å². The lowest BCUT2D eigenvalue weighted by Crippen LogP contribution is -1.89. The van der Waals surface area contributed by atoms with E-state index in [0.717, 1.165) is 0 Å². The number of unbranched alkanes of at least 4 members (excludes halogenated alkanes) is 1. The molecular weight excluding hydrogens is 228 g/mol. The minimum atomic E-state index is 1.20. The fraction of sp³-hybridized carbons (Fsp3) is 0.368. The van der Waals surface area contributed by atoms with Gasteiger partial charge in [0, 0.05) is 0 Å². The van der Waals surface area contributed by atoms with Gasteiger partial charge in [-0.3, -0.25) is 0 Å². The SMILES string of the molecule is CCCCc1ccc(-c2cc(C)c(C)c(C)c2)cc1. The topological polar surface area (TPSA) is 0 Å².